The molecule has 13 heavy (non-hydrogen) atoms. The predicted octanol–water partition coefficient (Wildman–Crippen LogP) is 0.0441. The van der Waals surface area contributed by atoms with Gasteiger partial charge in [-0.25, -0.2) is 0 Å². The second-order valence-electron chi connectivity index (χ2n) is 2.98. The maximum absolute atomic E-state index is 10.2. The predicted molar refractivity (Wildman–Crippen MR) is 52.3 cm³/mol. The van der Waals surface area contributed by atoms with Crippen LogP contribution >= 0.6 is 0 Å². The lowest BCUT2D eigenvalue weighted by Gasteiger charge is -2.04. The number of amides is 1. The van der Waals surface area contributed by atoms with Crippen LogP contribution in [0, 0.1) is 0 Å². The molecule has 0 heterocycles. The summed E-state index contributed by atoms with van der Waals surface area (Å²) in [4.78, 5) is 10.2. The van der Waals surface area contributed by atoms with Gasteiger partial charge in [0.05, 0.1) is 6.61 Å². The molecular formula is C9H18N2O2. The normalized spacial score (nSPS) is 9.92. The van der Waals surface area contributed by atoms with Crippen molar-refractivity contribution >= 4 is 5.91 Å². The number of hydrogen-bond donors (Lipinski definition) is 2. The lowest BCUT2D eigenvalue weighted by atomic mass is 10.2. The van der Waals surface area contributed by atoms with Crippen molar-refractivity contribution < 1.29 is 9.53 Å². The van der Waals surface area contributed by atoms with Crippen LogP contribution in [0.5, 0.6) is 0 Å². The Balaban J connectivity index is 3.00. The summed E-state index contributed by atoms with van der Waals surface area (Å²) in [6.07, 6.45) is 0.968. The van der Waals surface area contributed by atoms with Crippen LogP contribution in [0.2, 0.25) is 0 Å². The average Bonchev–Trinajstić information content (AvgIpc) is 2.01. The molecule has 3 N–H and O–H groups in total. The van der Waals surface area contributed by atoms with Crippen LogP contribution in [-0.2, 0) is 9.53 Å². The molecule has 0 unspecified atom stereocenters. The fourth-order valence-corrected chi connectivity index (χ4v) is 0.744. The van der Waals surface area contributed by atoms with Crippen molar-refractivity contribution in [2.45, 2.75) is 13.3 Å². The summed E-state index contributed by atoms with van der Waals surface area (Å²) in [5.74, 6) is -0.429. The molecule has 4 heteroatoms. The summed E-state index contributed by atoms with van der Waals surface area (Å²) in [6.45, 7) is 7.92. The molecule has 0 rings (SSSR count). The van der Waals surface area contributed by atoms with Crippen molar-refractivity contribution in [2.75, 3.05) is 26.3 Å². The first-order chi connectivity index (χ1) is 6.13. The first-order valence-corrected chi connectivity index (χ1v) is 4.34. The van der Waals surface area contributed by atoms with E-state index in [2.05, 4.69) is 11.9 Å². The quantitative estimate of drug-likeness (QED) is 0.415. The van der Waals surface area contributed by atoms with E-state index in [9.17, 15) is 4.79 Å². The van der Waals surface area contributed by atoms with Crippen molar-refractivity contribution in [3.8, 4) is 0 Å². The van der Waals surface area contributed by atoms with Crippen LogP contribution in [0.4, 0.5) is 0 Å². The zero-order valence-corrected chi connectivity index (χ0v) is 8.14. The van der Waals surface area contributed by atoms with Crippen molar-refractivity contribution in [1.29, 1.82) is 0 Å². The number of nitrogens with one attached hydrogen (secondary N) is 1. The minimum Gasteiger partial charge on any atom is -0.370 e. The van der Waals surface area contributed by atoms with Crippen molar-refractivity contribution in [3.05, 3.63) is 12.2 Å². The molecule has 0 saturated carbocycles. The van der Waals surface area contributed by atoms with Crippen molar-refractivity contribution in [2.24, 2.45) is 5.73 Å². The third-order valence-corrected chi connectivity index (χ3v) is 1.40. The minimum absolute atomic E-state index is 0.00215. The van der Waals surface area contributed by atoms with E-state index >= 15 is 0 Å². The fourth-order valence-electron chi connectivity index (χ4n) is 0.744. The molecule has 0 aromatic carbocycles. The summed E-state index contributed by atoms with van der Waals surface area (Å²) in [5, 5.41) is 3.15. The second kappa shape index (κ2) is 7.76. The molecule has 0 radical (unpaired) electrons. The highest BCUT2D eigenvalue weighted by atomic mass is 16.5. The van der Waals surface area contributed by atoms with Crippen LogP contribution in [0.3, 0.4) is 0 Å². The average molecular weight is 186 g/mol. The third-order valence-electron chi connectivity index (χ3n) is 1.40. The molecule has 4 nitrogen and oxygen atoms in total. The number of carbonyl (C=O) groups is 1. The maximum Gasteiger partial charge on any atom is 0.243 e. The summed E-state index contributed by atoms with van der Waals surface area (Å²) in [6, 6.07) is 0. The number of ether oxygens (including phenoxy) is 1. The molecule has 0 aliphatic rings. The Kier molecular flexibility index (Phi) is 7.24. The number of carbonyl (C=O) groups excluding carboxylic acids is 1. The molecule has 0 atom stereocenters. The summed E-state index contributed by atoms with van der Waals surface area (Å²) >= 11 is 0. The molecule has 1 amide bonds. The molecule has 0 saturated heterocycles. The van der Waals surface area contributed by atoms with Gasteiger partial charge in [-0.2, -0.15) is 0 Å². The van der Waals surface area contributed by atoms with Gasteiger partial charge in [0.15, 0.2) is 0 Å². The van der Waals surface area contributed by atoms with Gasteiger partial charge in [0.2, 0.25) is 5.91 Å². The largest absolute Gasteiger partial charge is 0.370 e. The maximum atomic E-state index is 10.2. The van der Waals surface area contributed by atoms with Crippen molar-refractivity contribution in [3.63, 3.8) is 0 Å². The Labute approximate surface area is 79.1 Å². The highest BCUT2D eigenvalue weighted by molar-refractivity contribution is 5.74. The monoisotopic (exact) mass is 186 g/mol. The van der Waals surface area contributed by atoms with Gasteiger partial charge in [-0.3, -0.25) is 4.79 Å². The fraction of sp³-hybridized carbons (Fsp3) is 0.667. The molecule has 0 aliphatic heterocycles. The highest BCUT2D eigenvalue weighted by Gasteiger charge is 1.93. The Morgan fingerprint density at radius 1 is 1.54 bits per heavy atom. The Bertz CT molecular complexity index is 151. The standard InChI is InChI=1S/C9H18N2O2/c1-8(2)3-4-11-5-6-13-7-9(10)12/h11H,1,3-7H2,2H3,(H2,10,12). The number of nitrogens with two attached hydrogens (primary N) is 1. The molecule has 0 fully saturated rings. The smallest absolute Gasteiger partial charge is 0.243 e. The van der Waals surface area contributed by atoms with Gasteiger partial charge in [-0.15, -0.1) is 6.58 Å². The van der Waals surface area contributed by atoms with Crippen LogP contribution < -0.4 is 11.1 Å². The van der Waals surface area contributed by atoms with E-state index in [1.807, 2.05) is 6.92 Å². The Morgan fingerprint density at radius 3 is 2.77 bits per heavy atom. The zero-order valence-electron chi connectivity index (χ0n) is 8.14. The van der Waals surface area contributed by atoms with E-state index < -0.39 is 5.91 Å². The van der Waals surface area contributed by atoms with E-state index in [0.29, 0.717) is 6.61 Å². The van der Waals surface area contributed by atoms with Gasteiger partial charge in [-0.1, -0.05) is 5.57 Å². The summed E-state index contributed by atoms with van der Waals surface area (Å²) in [7, 11) is 0. The minimum atomic E-state index is -0.429. The van der Waals surface area contributed by atoms with Gasteiger partial charge in [0, 0.05) is 6.54 Å². The van der Waals surface area contributed by atoms with Gasteiger partial charge < -0.3 is 15.8 Å². The Morgan fingerprint density at radius 2 is 2.23 bits per heavy atom. The topological polar surface area (TPSA) is 64.3 Å². The summed E-state index contributed by atoms with van der Waals surface area (Å²) < 4.78 is 4.94. The van der Waals surface area contributed by atoms with Crippen molar-refractivity contribution in [1.82, 2.24) is 5.32 Å². The number of primary amides is 1. The van der Waals surface area contributed by atoms with Gasteiger partial charge >= 0.3 is 0 Å². The molecule has 0 spiro atoms. The SMILES string of the molecule is C=C(C)CCNCCOCC(N)=O. The molecule has 0 bridgehead atoms. The molecule has 0 aromatic heterocycles. The zero-order chi connectivity index (χ0) is 10.1. The lowest BCUT2D eigenvalue weighted by molar-refractivity contribution is -0.122. The van der Waals surface area contributed by atoms with E-state index in [0.717, 1.165) is 25.1 Å². The van der Waals surface area contributed by atoms with Crippen LogP contribution in [0.25, 0.3) is 0 Å². The molecule has 76 valence electrons. The first-order valence-electron chi connectivity index (χ1n) is 4.34. The summed E-state index contributed by atoms with van der Waals surface area (Å²) in [5.41, 5.74) is 6.04. The van der Waals surface area contributed by atoms with Gasteiger partial charge in [-0.05, 0) is 19.9 Å². The van der Waals surface area contributed by atoms with E-state index in [-0.39, 0.29) is 6.61 Å². The van der Waals surface area contributed by atoms with Crippen LogP contribution in [0.1, 0.15) is 13.3 Å². The molecule has 0 aromatic rings. The lowest BCUT2D eigenvalue weighted by Crippen LogP contribution is -2.24. The number of rotatable bonds is 8. The van der Waals surface area contributed by atoms with Crippen LogP contribution in [0.15, 0.2) is 12.2 Å². The molecular weight excluding hydrogens is 168 g/mol. The highest BCUT2D eigenvalue weighted by Crippen LogP contribution is 1.91. The third kappa shape index (κ3) is 11.1. The second-order valence-corrected chi connectivity index (χ2v) is 2.98. The first kappa shape index (κ1) is 12.1. The Hall–Kier alpha value is -0.870. The van der Waals surface area contributed by atoms with Gasteiger partial charge in [0.1, 0.15) is 6.61 Å². The van der Waals surface area contributed by atoms with E-state index in [1.54, 1.807) is 0 Å². The van der Waals surface area contributed by atoms with Gasteiger partial charge in [0.25, 0.3) is 0 Å². The molecule has 0 aliphatic carbocycles. The van der Waals surface area contributed by atoms with E-state index in [4.69, 9.17) is 10.5 Å². The van der Waals surface area contributed by atoms with E-state index in [1.165, 1.54) is 0 Å². The number of hydrogen-bond acceptors (Lipinski definition) is 3. The van der Waals surface area contributed by atoms with Crippen LogP contribution in [-0.4, -0.2) is 32.2 Å².